The molecule has 0 N–H and O–H groups in total. The number of piperidine rings is 1. The Hall–Kier alpha value is -1.56. The molecule has 2 rings (SSSR count). The first-order valence-corrected chi connectivity index (χ1v) is 8.04. The third-order valence-corrected chi connectivity index (χ3v) is 3.80. The minimum absolute atomic E-state index is 0.164. The molecule has 128 valence electrons. The second kappa shape index (κ2) is 7.34. The zero-order chi connectivity index (χ0) is 17.0. The second-order valence-corrected chi connectivity index (χ2v) is 7.02. The van der Waals surface area contributed by atoms with Crippen molar-refractivity contribution in [2.45, 2.75) is 39.2 Å². The van der Waals surface area contributed by atoms with E-state index in [1.54, 1.807) is 4.90 Å². The van der Waals surface area contributed by atoms with Crippen LogP contribution in [0.3, 0.4) is 0 Å². The number of ether oxygens (including phenoxy) is 2. The third kappa shape index (κ3) is 5.53. The predicted molar refractivity (Wildman–Crippen MR) is 85.2 cm³/mol. The van der Waals surface area contributed by atoms with Gasteiger partial charge in [-0.05, 0) is 39.5 Å². The summed E-state index contributed by atoms with van der Waals surface area (Å²) >= 11 is 5.53. The lowest BCUT2D eigenvalue weighted by molar-refractivity contribution is 0.0165. The fourth-order valence-electron chi connectivity index (χ4n) is 2.31. The van der Waals surface area contributed by atoms with Gasteiger partial charge in [0, 0.05) is 19.2 Å². The Morgan fingerprint density at radius 1 is 1.43 bits per heavy atom. The van der Waals surface area contributed by atoms with Gasteiger partial charge < -0.3 is 14.4 Å². The van der Waals surface area contributed by atoms with Gasteiger partial charge in [-0.2, -0.15) is 0 Å². The number of hydrogen-bond acceptors (Lipinski definition) is 4. The molecule has 23 heavy (non-hydrogen) atoms. The van der Waals surface area contributed by atoms with E-state index in [1.807, 2.05) is 20.8 Å². The van der Waals surface area contributed by atoms with E-state index in [9.17, 15) is 9.18 Å². The van der Waals surface area contributed by atoms with E-state index in [0.717, 1.165) is 12.8 Å². The number of amides is 1. The van der Waals surface area contributed by atoms with Crippen LogP contribution < -0.4 is 4.74 Å². The molecule has 1 fully saturated rings. The van der Waals surface area contributed by atoms with Crippen molar-refractivity contribution in [3.63, 3.8) is 0 Å². The average Bonchev–Trinajstić information content (AvgIpc) is 2.47. The lowest BCUT2D eigenvalue weighted by Gasteiger charge is -2.33. The molecule has 1 aromatic rings. The van der Waals surface area contributed by atoms with Crippen molar-refractivity contribution in [3.05, 3.63) is 23.2 Å². The molecule has 1 aliphatic heterocycles. The van der Waals surface area contributed by atoms with Crippen molar-refractivity contribution < 1.29 is 18.7 Å². The van der Waals surface area contributed by atoms with Crippen LogP contribution in [0.4, 0.5) is 9.18 Å². The Kier molecular flexibility index (Phi) is 5.68. The van der Waals surface area contributed by atoms with Crippen LogP contribution in [-0.4, -0.2) is 41.3 Å². The van der Waals surface area contributed by atoms with Crippen LogP contribution in [0.2, 0.25) is 5.15 Å². The summed E-state index contributed by atoms with van der Waals surface area (Å²) in [6, 6.07) is 1.23. The predicted octanol–water partition coefficient (Wildman–Crippen LogP) is 3.90. The summed E-state index contributed by atoms with van der Waals surface area (Å²) in [5, 5.41) is -0.164. The Bertz CT molecular complexity index is 555. The molecule has 0 atom stereocenters. The maximum Gasteiger partial charge on any atom is 0.410 e. The molecular formula is C16H22ClFN2O3. The smallest absolute Gasteiger partial charge is 0.410 e. The van der Waals surface area contributed by atoms with Crippen molar-refractivity contribution in [1.82, 2.24) is 9.88 Å². The van der Waals surface area contributed by atoms with Gasteiger partial charge >= 0.3 is 6.09 Å². The maximum absolute atomic E-state index is 13.3. The van der Waals surface area contributed by atoms with Crippen molar-refractivity contribution in [2.75, 3.05) is 19.7 Å². The largest absolute Gasteiger partial charge is 0.492 e. The highest BCUT2D eigenvalue weighted by Crippen LogP contribution is 2.22. The highest BCUT2D eigenvalue weighted by molar-refractivity contribution is 6.29. The number of hydrogen-bond donors (Lipinski definition) is 0. The van der Waals surface area contributed by atoms with Gasteiger partial charge in [0.05, 0.1) is 12.8 Å². The molecule has 1 aliphatic rings. The lowest BCUT2D eigenvalue weighted by Crippen LogP contribution is -2.42. The van der Waals surface area contributed by atoms with Crippen LogP contribution in [0.25, 0.3) is 0 Å². The number of carbonyl (C=O) groups is 1. The molecule has 1 saturated heterocycles. The molecule has 1 amide bonds. The van der Waals surface area contributed by atoms with Crippen LogP contribution in [-0.2, 0) is 4.74 Å². The normalized spacial score (nSPS) is 16.3. The molecule has 5 nitrogen and oxygen atoms in total. The van der Waals surface area contributed by atoms with Gasteiger partial charge in [-0.15, -0.1) is 0 Å². The van der Waals surface area contributed by atoms with Gasteiger partial charge in [-0.1, -0.05) is 11.6 Å². The molecule has 0 aliphatic carbocycles. The Morgan fingerprint density at radius 2 is 2.09 bits per heavy atom. The summed E-state index contributed by atoms with van der Waals surface area (Å²) in [5.74, 6) is 0.0813. The molecule has 0 spiro atoms. The molecule has 1 aromatic heterocycles. The molecule has 0 aromatic carbocycles. The zero-order valence-corrected chi connectivity index (χ0v) is 14.4. The van der Waals surface area contributed by atoms with E-state index in [1.165, 1.54) is 12.3 Å². The summed E-state index contributed by atoms with van der Waals surface area (Å²) in [6.45, 7) is 7.29. The highest BCUT2D eigenvalue weighted by Gasteiger charge is 2.27. The Balaban J connectivity index is 1.76. The number of rotatable bonds is 3. The summed E-state index contributed by atoms with van der Waals surface area (Å²) < 4.78 is 24.2. The number of pyridine rings is 1. The lowest BCUT2D eigenvalue weighted by atomic mass is 9.98. The van der Waals surface area contributed by atoms with E-state index in [0.29, 0.717) is 31.4 Å². The van der Waals surface area contributed by atoms with Crippen LogP contribution in [0.1, 0.15) is 33.6 Å². The van der Waals surface area contributed by atoms with Gasteiger partial charge in [0.25, 0.3) is 0 Å². The fraction of sp³-hybridized carbons (Fsp3) is 0.625. The number of nitrogens with zero attached hydrogens (tertiary/aromatic N) is 2. The first kappa shape index (κ1) is 17.8. The Labute approximate surface area is 140 Å². The topological polar surface area (TPSA) is 51.7 Å². The molecule has 0 saturated carbocycles. The first-order chi connectivity index (χ1) is 10.7. The van der Waals surface area contributed by atoms with E-state index in [-0.39, 0.29) is 11.2 Å². The summed E-state index contributed by atoms with van der Waals surface area (Å²) in [6.07, 6.45) is 2.77. The first-order valence-electron chi connectivity index (χ1n) is 7.66. The molecule has 0 bridgehead atoms. The standard InChI is InChI=1S/C16H22ClFN2O3/c1-16(2,3)23-15(21)20-6-4-11(5-7-20)10-22-12-8-13(18)14(17)19-9-12/h8-9,11H,4-7,10H2,1-3H3. The number of likely N-dealkylation sites (tertiary alicyclic amines) is 1. The summed E-state index contributed by atoms with van der Waals surface area (Å²) in [4.78, 5) is 17.4. The van der Waals surface area contributed by atoms with E-state index in [2.05, 4.69) is 4.98 Å². The minimum atomic E-state index is -0.594. The molecule has 0 unspecified atom stereocenters. The molecule has 2 heterocycles. The fourth-order valence-corrected chi connectivity index (χ4v) is 2.41. The number of carbonyl (C=O) groups excluding carboxylic acids is 1. The average molecular weight is 345 g/mol. The molecule has 0 radical (unpaired) electrons. The second-order valence-electron chi connectivity index (χ2n) is 6.67. The van der Waals surface area contributed by atoms with Crippen molar-refractivity contribution in [2.24, 2.45) is 5.92 Å². The van der Waals surface area contributed by atoms with Crippen LogP contribution in [0.5, 0.6) is 5.75 Å². The summed E-state index contributed by atoms with van der Waals surface area (Å²) in [5.41, 5.74) is -0.483. The van der Waals surface area contributed by atoms with Crippen LogP contribution in [0, 0.1) is 11.7 Å². The van der Waals surface area contributed by atoms with Gasteiger partial charge in [-0.3, -0.25) is 0 Å². The van der Waals surface area contributed by atoms with E-state index >= 15 is 0 Å². The van der Waals surface area contributed by atoms with Crippen LogP contribution >= 0.6 is 11.6 Å². The van der Waals surface area contributed by atoms with Gasteiger partial charge in [-0.25, -0.2) is 14.2 Å². The van der Waals surface area contributed by atoms with Crippen molar-refractivity contribution >= 4 is 17.7 Å². The maximum atomic E-state index is 13.3. The van der Waals surface area contributed by atoms with Crippen molar-refractivity contribution in [3.8, 4) is 5.75 Å². The van der Waals surface area contributed by atoms with E-state index < -0.39 is 11.4 Å². The number of halogens is 2. The van der Waals surface area contributed by atoms with E-state index in [4.69, 9.17) is 21.1 Å². The summed E-state index contributed by atoms with van der Waals surface area (Å²) in [7, 11) is 0. The van der Waals surface area contributed by atoms with Crippen LogP contribution in [0.15, 0.2) is 12.3 Å². The van der Waals surface area contributed by atoms with Gasteiger partial charge in [0.2, 0.25) is 0 Å². The highest BCUT2D eigenvalue weighted by atomic mass is 35.5. The van der Waals surface area contributed by atoms with Crippen molar-refractivity contribution in [1.29, 1.82) is 0 Å². The monoisotopic (exact) mass is 344 g/mol. The quantitative estimate of drug-likeness (QED) is 0.780. The molecular weight excluding hydrogens is 323 g/mol. The Morgan fingerprint density at radius 3 is 2.65 bits per heavy atom. The van der Waals surface area contributed by atoms with Gasteiger partial charge in [0.15, 0.2) is 11.0 Å². The molecule has 7 heteroatoms. The minimum Gasteiger partial charge on any atom is -0.492 e. The zero-order valence-electron chi connectivity index (χ0n) is 13.6. The number of aromatic nitrogens is 1. The SMILES string of the molecule is CC(C)(C)OC(=O)N1CCC(COc2cnc(Cl)c(F)c2)CC1. The van der Waals surface area contributed by atoms with Gasteiger partial charge in [0.1, 0.15) is 11.4 Å². The third-order valence-electron chi connectivity index (χ3n) is 3.52.